The van der Waals surface area contributed by atoms with E-state index < -0.39 is 0 Å². The summed E-state index contributed by atoms with van der Waals surface area (Å²) in [7, 11) is 0. The van der Waals surface area contributed by atoms with E-state index >= 15 is 0 Å². The third-order valence-corrected chi connectivity index (χ3v) is 3.06. The minimum absolute atomic E-state index is 0.705. The molecule has 0 saturated carbocycles. The van der Waals surface area contributed by atoms with Crippen LogP contribution in [0.5, 0.6) is 5.75 Å². The van der Waals surface area contributed by atoms with Crippen LogP contribution in [0.25, 0.3) is 0 Å². The van der Waals surface area contributed by atoms with Crippen molar-refractivity contribution in [1.29, 1.82) is 5.26 Å². The van der Waals surface area contributed by atoms with Crippen LogP contribution in [0.2, 0.25) is 0 Å². The number of hydrogen-bond acceptors (Lipinski definition) is 2. The first-order valence-electron chi connectivity index (χ1n) is 5.58. The summed E-state index contributed by atoms with van der Waals surface area (Å²) in [5.41, 5.74) is 1.70. The lowest BCUT2D eigenvalue weighted by atomic mass is 10.1. The van der Waals surface area contributed by atoms with Crippen molar-refractivity contribution in [3.8, 4) is 11.8 Å². The lowest BCUT2D eigenvalue weighted by molar-refractivity contribution is 0.304. The first-order valence-corrected chi connectivity index (χ1v) is 6.38. The minimum Gasteiger partial charge on any atom is -0.492 e. The number of nitriles is 1. The molecule has 0 amide bonds. The molecule has 86 valence electrons. The van der Waals surface area contributed by atoms with E-state index in [4.69, 9.17) is 10.00 Å². The fraction of sp³-hybridized carbons (Fsp3) is 0.462. The van der Waals surface area contributed by atoms with Crippen molar-refractivity contribution in [2.75, 3.05) is 6.61 Å². The molecule has 1 aromatic carbocycles. The highest BCUT2D eigenvalue weighted by Crippen LogP contribution is 2.32. The number of hydrogen-bond donors (Lipinski definition) is 0. The van der Waals surface area contributed by atoms with Crippen molar-refractivity contribution in [2.45, 2.75) is 33.1 Å². The Balaban J connectivity index is 3.00. The number of halogens is 1. The normalized spacial score (nSPS) is 9.88. The van der Waals surface area contributed by atoms with Gasteiger partial charge in [-0.1, -0.05) is 20.3 Å². The first-order chi connectivity index (χ1) is 7.74. The molecule has 0 unspecified atom stereocenters. The van der Waals surface area contributed by atoms with Crippen molar-refractivity contribution in [3.63, 3.8) is 0 Å². The largest absolute Gasteiger partial charge is 0.492 e. The van der Waals surface area contributed by atoms with Crippen LogP contribution in [-0.4, -0.2) is 6.61 Å². The average Bonchev–Trinajstić information content (AvgIpc) is 2.31. The van der Waals surface area contributed by atoms with Gasteiger partial charge in [0.05, 0.1) is 22.7 Å². The van der Waals surface area contributed by atoms with Crippen molar-refractivity contribution in [1.82, 2.24) is 0 Å². The van der Waals surface area contributed by atoms with Crippen LogP contribution in [0.15, 0.2) is 16.6 Å². The topological polar surface area (TPSA) is 33.0 Å². The van der Waals surface area contributed by atoms with Crippen LogP contribution in [0.1, 0.15) is 37.8 Å². The summed E-state index contributed by atoms with van der Waals surface area (Å²) in [6.45, 7) is 4.87. The summed E-state index contributed by atoms with van der Waals surface area (Å²) in [4.78, 5) is 0. The fourth-order valence-electron chi connectivity index (χ4n) is 1.53. The molecule has 0 atom stereocenters. The first kappa shape index (κ1) is 13.1. The number of unbranched alkanes of at least 4 members (excludes halogenated alkanes) is 1. The van der Waals surface area contributed by atoms with Crippen molar-refractivity contribution >= 4 is 15.9 Å². The van der Waals surface area contributed by atoms with Gasteiger partial charge in [0.25, 0.3) is 0 Å². The fourth-order valence-corrected chi connectivity index (χ4v) is 2.02. The van der Waals surface area contributed by atoms with Gasteiger partial charge in [-0.15, -0.1) is 0 Å². The smallest absolute Gasteiger partial charge is 0.137 e. The van der Waals surface area contributed by atoms with E-state index in [1.54, 1.807) is 0 Å². The van der Waals surface area contributed by atoms with Gasteiger partial charge in [0.15, 0.2) is 0 Å². The minimum atomic E-state index is 0.705. The quantitative estimate of drug-likeness (QED) is 0.763. The van der Waals surface area contributed by atoms with Crippen LogP contribution in [0.4, 0.5) is 0 Å². The zero-order valence-corrected chi connectivity index (χ0v) is 11.3. The van der Waals surface area contributed by atoms with Crippen LogP contribution in [0.3, 0.4) is 0 Å². The highest BCUT2D eigenvalue weighted by Gasteiger charge is 2.11. The molecule has 0 radical (unpaired) electrons. The predicted octanol–water partition coefficient (Wildman–Crippen LogP) is 4.06. The van der Waals surface area contributed by atoms with Crippen LogP contribution < -0.4 is 4.74 Å². The van der Waals surface area contributed by atoms with Gasteiger partial charge >= 0.3 is 0 Å². The number of nitrogens with zero attached hydrogens (tertiary/aromatic N) is 1. The van der Waals surface area contributed by atoms with Crippen LogP contribution >= 0.6 is 15.9 Å². The molecular formula is C13H16BrNO. The Morgan fingerprint density at radius 3 is 2.69 bits per heavy atom. The maximum Gasteiger partial charge on any atom is 0.137 e. The summed E-state index contributed by atoms with van der Waals surface area (Å²) in [5, 5.41) is 9.02. The summed E-state index contributed by atoms with van der Waals surface area (Å²) in [5.74, 6) is 0.829. The molecule has 16 heavy (non-hydrogen) atoms. The molecule has 0 heterocycles. The molecule has 0 spiro atoms. The molecule has 1 aromatic rings. The molecule has 3 heteroatoms. The van der Waals surface area contributed by atoms with E-state index in [-0.39, 0.29) is 0 Å². The summed E-state index contributed by atoms with van der Waals surface area (Å²) in [6, 6.07) is 5.91. The number of ether oxygens (including phenoxy) is 1. The zero-order valence-electron chi connectivity index (χ0n) is 9.72. The Bertz CT molecular complexity index is 396. The van der Waals surface area contributed by atoms with E-state index in [0.717, 1.165) is 35.0 Å². The van der Waals surface area contributed by atoms with Crippen molar-refractivity contribution in [3.05, 3.63) is 27.7 Å². The molecule has 0 saturated heterocycles. The van der Waals surface area contributed by atoms with Gasteiger partial charge in [-0.3, -0.25) is 0 Å². The number of benzene rings is 1. The van der Waals surface area contributed by atoms with Gasteiger partial charge in [-0.25, -0.2) is 0 Å². The molecule has 0 N–H and O–H groups in total. The zero-order chi connectivity index (χ0) is 12.0. The molecular weight excluding hydrogens is 266 g/mol. The summed E-state index contributed by atoms with van der Waals surface area (Å²) < 4.78 is 6.67. The maximum atomic E-state index is 9.02. The molecule has 0 aromatic heterocycles. The molecule has 1 rings (SSSR count). The average molecular weight is 282 g/mol. The predicted molar refractivity (Wildman–Crippen MR) is 68.6 cm³/mol. The molecule has 0 aliphatic carbocycles. The van der Waals surface area contributed by atoms with E-state index in [1.165, 1.54) is 0 Å². The van der Waals surface area contributed by atoms with Gasteiger partial charge in [0.1, 0.15) is 5.75 Å². The lowest BCUT2D eigenvalue weighted by Crippen LogP contribution is -2.02. The third kappa shape index (κ3) is 2.99. The molecule has 2 nitrogen and oxygen atoms in total. The molecule has 0 fully saturated rings. The highest BCUT2D eigenvalue weighted by molar-refractivity contribution is 9.10. The Morgan fingerprint density at radius 1 is 1.38 bits per heavy atom. The van der Waals surface area contributed by atoms with E-state index in [2.05, 4.69) is 28.9 Å². The monoisotopic (exact) mass is 281 g/mol. The van der Waals surface area contributed by atoms with Gasteiger partial charge in [-0.2, -0.15) is 5.26 Å². The Morgan fingerprint density at radius 2 is 2.12 bits per heavy atom. The van der Waals surface area contributed by atoms with Gasteiger partial charge in [0.2, 0.25) is 0 Å². The third-order valence-electron chi connectivity index (χ3n) is 2.43. The number of rotatable bonds is 5. The highest BCUT2D eigenvalue weighted by atomic mass is 79.9. The standard InChI is InChI=1S/C13H16BrNO/c1-3-5-8-16-13-11(4-2)10(9-15)6-7-12(13)14/h6-7H,3-5,8H2,1-2H3. The molecule has 0 bridgehead atoms. The Hall–Kier alpha value is -1.01. The summed E-state index contributed by atoms with van der Waals surface area (Å²) in [6.07, 6.45) is 2.95. The van der Waals surface area contributed by atoms with Crippen molar-refractivity contribution in [2.24, 2.45) is 0 Å². The van der Waals surface area contributed by atoms with E-state index in [1.807, 2.05) is 19.1 Å². The molecule has 0 aliphatic rings. The van der Waals surface area contributed by atoms with E-state index in [0.29, 0.717) is 12.2 Å². The molecule has 0 aliphatic heterocycles. The lowest BCUT2D eigenvalue weighted by Gasteiger charge is -2.13. The second kappa shape index (κ2) is 6.55. The second-order valence-corrected chi connectivity index (χ2v) is 4.42. The van der Waals surface area contributed by atoms with Gasteiger partial charge in [0, 0.05) is 5.56 Å². The van der Waals surface area contributed by atoms with Crippen molar-refractivity contribution < 1.29 is 4.74 Å². The van der Waals surface area contributed by atoms with Gasteiger partial charge in [-0.05, 0) is 40.9 Å². The SMILES string of the molecule is CCCCOc1c(Br)ccc(C#N)c1CC. The van der Waals surface area contributed by atoms with Crippen LogP contribution in [-0.2, 0) is 6.42 Å². The van der Waals surface area contributed by atoms with E-state index in [9.17, 15) is 0 Å². The van der Waals surface area contributed by atoms with Crippen LogP contribution in [0, 0.1) is 11.3 Å². The second-order valence-electron chi connectivity index (χ2n) is 3.57. The van der Waals surface area contributed by atoms with Gasteiger partial charge < -0.3 is 4.74 Å². The summed E-state index contributed by atoms with van der Waals surface area (Å²) >= 11 is 3.47. The maximum absolute atomic E-state index is 9.02. The Kier molecular flexibility index (Phi) is 5.34. The Labute approximate surface area is 105 Å².